The second-order valence-corrected chi connectivity index (χ2v) is 4.68. The minimum atomic E-state index is -0.0906. The van der Waals surface area contributed by atoms with E-state index >= 15 is 0 Å². The number of aliphatic hydroxyl groups excluding tert-OH is 1. The van der Waals surface area contributed by atoms with Gasteiger partial charge in [0.05, 0.1) is 18.7 Å². The first-order valence-corrected chi connectivity index (χ1v) is 6.48. The summed E-state index contributed by atoms with van der Waals surface area (Å²) in [6.07, 6.45) is 0.252. The van der Waals surface area contributed by atoms with Crippen LogP contribution in [-0.4, -0.2) is 16.2 Å². The highest BCUT2D eigenvalue weighted by molar-refractivity contribution is 5.79. The monoisotopic (exact) mass is 274 g/mol. The molecule has 2 aromatic rings. The summed E-state index contributed by atoms with van der Waals surface area (Å²) < 4.78 is 5.03. The van der Waals surface area contributed by atoms with Crippen molar-refractivity contribution in [3.63, 3.8) is 0 Å². The van der Waals surface area contributed by atoms with Crippen molar-refractivity contribution < 1.29 is 14.4 Å². The van der Waals surface area contributed by atoms with Crippen LogP contribution in [0.15, 0.2) is 28.8 Å². The topological polar surface area (TPSA) is 75.4 Å². The fourth-order valence-electron chi connectivity index (χ4n) is 2.06. The first kappa shape index (κ1) is 14.3. The largest absolute Gasteiger partial charge is 0.392 e. The van der Waals surface area contributed by atoms with Crippen LogP contribution in [0, 0.1) is 13.8 Å². The zero-order valence-electron chi connectivity index (χ0n) is 11.6. The quantitative estimate of drug-likeness (QED) is 0.869. The summed E-state index contributed by atoms with van der Waals surface area (Å²) in [5.41, 5.74) is 3.32. The molecule has 1 aromatic carbocycles. The summed E-state index contributed by atoms with van der Waals surface area (Å²) in [5, 5.41) is 15.9. The highest BCUT2D eigenvalue weighted by Gasteiger charge is 2.13. The second kappa shape index (κ2) is 6.34. The maximum absolute atomic E-state index is 11.9. The summed E-state index contributed by atoms with van der Waals surface area (Å²) in [6.45, 7) is 3.98. The SMILES string of the molecule is Cc1noc(C)c1CC(=O)NCc1ccccc1CO. The van der Waals surface area contributed by atoms with Gasteiger partial charge in [-0.15, -0.1) is 0 Å². The number of hydrogen-bond donors (Lipinski definition) is 2. The van der Waals surface area contributed by atoms with Crippen LogP contribution in [-0.2, 0) is 24.4 Å². The summed E-state index contributed by atoms with van der Waals surface area (Å²) in [5.74, 6) is 0.584. The van der Waals surface area contributed by atoms with Gasteiger partial charge in [-0.05, 0) is 25.0 Å². The molecular weight excluding hydrogens is 256 g/mol. The fraction of sp³-hybridized carbons (Fsp3) is 0.333. The molecule has 2 N–H and O–H groups in total. The van der Waals surface area contributed by atoms with Gasteiger partial charge in [-0.2, -0.15) is 0 Å². The summed E-state index contributed by atoms with van der Waals surface area (Å²) >= 11 is 0. The van der Waals surface area contributed by atoms with E-state index in [-0.39, 0.29) is 18.9 Å². The average molecular weight is 274 g/mol. The van der Waals surface area contributed by atoms with Gasteiger partial charge < -0.3 is 14.9 Å². The van der Waals surface area contributed by atoms with Gasteiger partial charge in [-0.25, -0.2) is 0 Å². The number of hydrogen-bond acceptors (Lipinski definition) is 4. The lowest BCUT2D eigenvalue weighted by atomic mass is 10.1. The Labute approximate surface area is 117 Å². The molecular formula is C15H18N2O3. The van der Waals surface area contributed by atoms with E-state index in [0.29, 0.717) is 12.3 Å². The maximum atomic E-state index is 11.9. The van der Waals surface area contributed by atoms with Crippen molar-refractivity contribution in [1.82, 2.24) is 10.5 Å². The number of carbonyl (C=O) groups is 1. The van der Waals surface area contributed by atoms with Crippen LogP contribution in [0.5, 0.6) is 0 Å². The normalized spacial score (nSPS) is 10.6. The Morgan fingerprint density at radius 1 is 1.30 bits per heavy atom. The second-order valence-electron chi connectivity index (χ2n) is 4.68. The molecule has 5 nitrogen and oxygen atoms in total. The summed E-state index contributed by atoms with van der Waals surface area (Å²) in [4.78, 5) is 11.9. The lowest BCUT2D eigenvalue weighted by Crippen LogP contribution is -2.25. The van der Waals surface area contributed by atoms with Crippen LogP contribution >= 0.6 is 0 Å². The smallest absolute Gasteiger partial charge is 0.224 e. The Balaban J connectivity index is 1.96. The van der Waals surface area contributed by atoms with Crippen molar-refractivity contribution in [1.29, 1.82) is 0 Å². The minimum absolute atomic E-state index is 0.0318. The molecule has 0 saturated heterocycles. The van der Waals surface area contributed by atoms with E-state index in [1.165, 1.54) is 0 Å². The van der Waals surface area contributed by atoms with E-state index in [0.717, 1.165) is 22.4 Å². The third kappa shape index (κ3) is 3.24. The van der Waals surface area contributed by atoms with E-state index in [9.17, 15) is 9.90 Å². The predicted molar refractivity (Wildman–Crippen MR) is 73.9 cm³/mol. The molecule has 0 bridgehead atoms. The van der Waals surface area contributed by atoms with Gasteiger partial charge in [-0.3, -0.25) is 4.79 Å². The molecule has 0 aliphatic heterocycles. The molecule has 0 unspecified atom stereocenters. The standard InChI is InChI=1S/C15H18N2O3/c1-10-14(11(2)20-17-10)7-15(19)16-8-12-5-3-4-6-13(12)9-18/h3-6,18H,7-9H2,1-2H3,(H,16,19). The molecule has 1 aromatic heterocycles. The number of nitrogens with zero attached hydrogens (tertiary/aromatic N) is 1. The zero-order valence-corrected chi connectivity index (χ0v) is 11.6. The third-order valence-electron chi connectivity index (χ3n) is 3.28. The van der Waals surface area contributed by atoms with E-state index in [4.69, 9.17) is 4.52 Å². The van der Waals surface area contributed by atoms with Gasteiger partial charge in [0.25, 0.3) is 0 Å². The fourth-order valence-corrected chi connectivity index (χ4v) is 2.06. The van der Waals surface area contributed by atoms with E-state index in [1.54, 1.807) is 6.92 Å². The Kier molecular flexibility index (Phi) is 4.53. The molecule has 0 aliphatic rings. The van der Waals surface area contributed by atoms with Crippen molar-refractivity contribution >= 4 is 5.91 Å². The van der Waals surface area contributed by atoms with E-state index in [1.807, 2.05) is 31.2 Å². The van der Waals surface area contributed by atoms with Gasteiger partial charge in [0.1, 0.15) is 5.76 Å². The number of aromatic nitrogens is 1. The minimum Gasteiger partial charge on any atom is -0.392 e. The number of carbonyl (C=O) groups excluding carboxylic acids is 1. The van der Waals surface area contributed by atoms with E-state index < -0.39 is 0 Å². The first-order valence-electron chi connectivity index (χ1n) is 6.48. The van der Waals surface area contributed by atoms with Crippen molar-refractivity contribution in [3.8, 4) is 0 Å². The molecule has 1 amide bonds. The Morgan fingerprint density at radius 2 is 2.00 bits per heavy atom. The van der Waals surface area contributed by atoms with Gasteiger partial charge >= 0.3 is 0 Å². The Bertz CT molecular complexity index is 585. The van der Waals surface area contributed by atoms with Gasteiger partial charge in [-0.1, -0.05) is 29.4 Å². The predicted octanol–water partition coefficient (Wildman–Crippen LogP) is 1.64. The number of aliphatic hydroxyl groups is 1. The number of amides is 1. The third-order valence-corrected chi connectivity index (χ3v) is 3.28. The summed E-state index contributed by atoms with van der Waals surface area (Å²) in [6, 6.07) is 7.48. The van der Waals surface area contributed by atoms with Gasteiger partial charge in [0.15, 0.2) is 0 Å². The van der Waals surface area contributed by atoms with Crippen molar-refractivity contribution in [2.24, 2.45) is 0 Å². The highest BCUT2D eigenvalue weighted by Crippen LogP contribution is 2.13. The molecule has 1 heterocycles. The molecule has 0 fully saturated rings. The highest BCUT2D eigenvalue weighted by atomic mass is 16.5. The first-order chi connectivity index (χ1) is 9.61. The molecule has 0 atom stereocenters. The molecule has 106 valence electrons. The van der Waals surface area contributed by atoms with Crippen LogP contribution in [0.25, 0.3) is 0 Å². The maximum Gasteiger partial charge on any atom is 0.224 e. The van der Waals surface area contributed by atoms with Crippen LogP contribution in [0.2, 0.25) is 0 Å². The summed E-state index contributed by atoms with van der Waals surface area (Å²) in [7, 11) is 0. The molecule has 5 heteroatoms. The van der Waals surface area contributed by atoms with Crippen LogP contribution in [0.1, 0.15) is 28.1 Å². The lowest BCUT2D eigenvalue weighted by molar-refractivity contribution is -0.120. The van der Waals surface area contributed by atoms with Crippen LogP contribution in [0.4, 0.5) is 0 Å². The number of rotatable bonds is 5. The van der Waals surface area contributed by atoms with E-state index in [2.05, 4.69) is 10.5 Å². The number of benzene rings is 1. The Morgan fingerprint density at radius 3 is 2.60 bits per heavy atom. The molecule has 2 rings (SSSR count). The van der Waals surface area contributed by atoms with Crippen molar-refractivity contribution in [3.05, 3.63) is 52.4 Å². The molecule has 0 aliphatic carbocycles. The van der Waals surface area contributed by atoms with Gasteiger partial charge in [0, 0.05) is 12.1 Å². The number of nitrogens with one attached hydrogen (secondary N) is 1. The van der Waals surface area contributed by atoms with Crippen LogP contribution < -0.4 is 5.32 Å². The average Bonchev–Trinajstić information content (AvgIpc) is 2.77. The number of aryl methyl sites for hydroxylation is 2. The molecule has 0 radical (unpaired) electrons. The van der Waals surface area contributed by atoms with Crippen molar-refractivity contribution in [2.75, 3.05) is 0 Å². The zero-order chi connectivity index (χ0) is 14.5. The molecule has 0 saturated carbocycles. The van der Waals surface area contributed by atoms with Crippen molar-refractivity contribution in [2.45, 2.75) is 33.4 Å². The molecule has 0 spiro atoms. The molecule has 20 heavy (non-hydrogen) atoms. The Hall–Kier alpha value is -2.14. The van der Waals surface area contributed by atoms with Gasteiger partial charge in [0.2, 0.25) is 5.91 Å². The van der Waals surface area contributed by atoms with Crippen LogP contribution in [0.3, 0.4) is 0 Å². The lowest BCUT2D eigenvalue weighted by Gasteiger charge is -2.08.